The Balaban J connectivity index is 1.15. The lowest BCUT2D eigenvalue weighted by Gasteiger charge is -2.56. The number of carbonyl (C=O) groups is 2. The molecule has 0 aromatic heterocycles. The molecule has 6 heteroatoms. The van der Waals surface area contributed by atoms with E-state index in [1.807, 2.05) is 11.0 Å². The molecule has 2 atom stereocenters. The molecule has 4 bridgehead atoms. The van der Waals surface area contributed by atoms with E-state index in [0.29, 0.717) is 19.5 Å². The summed E-state index contributed by atoms with van der Waals surface area (Å²) in [6.45, 7) is 5.34. The zero-order chi connectivity index (χ0) is 23.0. The van der Waals surface area contributed by atoms with Crippen LogP contribution in [0.3, 0.4) is 0 Å². The smallest absolute Gasteiger partial charge is 0.247 e. The SMILES string of the molecule is CC(O)[C@@H](NC(=O)CC12CC3CC(CC(C3)C1)C2)C(=O)N1CCN(Cc2ccccc2)CC1. The van der Waals surface area contributed by atoms with Crippen LogP contribution in [0.25, 0.3) is 0 Å². The Hall–Kier alpha value is -1.92. The van der Waals surface area contributed by atoms with Gasteiger partial charge in [-0.2, -0.15) is 0 Å². The molecule has 2 N–H and O–H groups in total. The number of aliphatic hydroxyl groups excluding tert-OH is 1. The molecule has 6 rings (SSSR count). The molecular weight excluding hydrogens is 414 g/mol. The summed E-state index contributed by atoms with van der Waals surface area (Å²) >= 11 is 0. The molecule has 0 spiro atoms. The third-order valence-corrected chi connectivity index (χ3v) is 8.70. The number of hydrogen-bond acceptors (Lipinski definition) is 4. The first kappa shape index (κ1) is 22.9. The molecule has 1 saturated heterocycles. The highest BCUT2D eigenvalue weighted by Gasteiger charge is 2.51. The van der Waals surface area contributed by atoms with Crippen LogP contribution < -0.4 is 5.32 Å². The molecule has 1 aliphatic heterocycles. The molecule has 2 amide bonds. The maximum Gasteiger partial charge on any atom is 0.247 e. The summed E-state index contributed by atoms with van der Waals surface area (Å²) < 4.78 is 0. The van der Waals surface area contributed by atoms with Gasteiger partial charge in [0.15, 0.2) is 0 Å². The van der Waals surface area contributed by atoms with E-state index in [1.165, 1.54) is 44.1 Å². The van der Waals surface area contributed by atoms with Gasteiger partial charge in [0, 0.05) is 39.1 Å². The van der Waals surface area contributed by atoms with E-state index in [9.17, 15) is 14.7 Å². The predicted octanol–water partition coefficient (Wildman–Crippen LogP) is 2.80. The molecule has 4 aliphatic carbocycles. The Morgan fingerprint density at radius 2 is 1.58 bits per heavy atom. The lowest BCUT2D eigenvalue weighted by molar-refractivity contribution is -0.142. The van der Waals surface area contributed by atoms with Crippen LogP contribution in [0.4, 0.5) is 0 Å². The van der Waals surface area contributed by atoms with Gasteiger partial charge < -0.3 is 15.3 Å². The van der Waals surface area contributed by atoms with Crippen LogP contribution >= 0.6 is 0 Å². The molecule has 5 fully saturated rings. The normalized spacial score (nSPS) is 33.0. The second kappa shape index (κ2) is 9.38. The highest BCUT2D eigenvalue weighted by molar-refractivity contribution is 5.88. The fourth-order valence-corrected chi connectivity index (χ4v) is 7.62. The molecule has 180 valence electrons. The molecule has 1 aromatic rings. The van der Waals surface area contributed by atoms with Gasteiger partial charge in [0.2, 0.25) is 11.8 Å². The Bertz CT molecular complexity index is 812. The van der Waals surface area contributed by atoms with E-state index < -0.39 is 12.1 Å². The predicted molar refractivity (Wildman–Crippen MR) is 127 cm³/mol. The first-order valence-electron chi connectivity index (χ1n) is 12.9. The fraction of sp³-hybridized carbons (Fsp3) is 0.704. The third kappa shape index (κ3) is 5.12. The minimum atomic E-state index is -0.903. The lowest BCUT2D eigenvalue weighted by Crippen LogP contribution is -2.58. The van der Waals surface area contributed by atoms with Crippen molar-refractivity contribution in [3.8, 4) is 0 Å². The van der Waals surface area contributed by atoms with Crippen LogP contribution in [0.5, 0.6) is 0 Å². The lowest BCUT2D eigenvalue weighted by atomic mass is 9.49. The number of amides is 2. The summed E-state index contributed by atoms with van der Waals surface area (Å²) in [5.74, 6) is 2.18. The van der Waals surface area contributed by atoms with Gasteiger partial charge in [0.05, 0.1) is 6.10 Å². The van der Waals surface area contributed by atoms with E-state index in [-0.39, 0.29) is 17.2 Å². The van der Waals surface area contributed by atoms with E-state index >= 15 is 0 Å². The molecule has 6 nitrogen and oxygen atoms in total. The minimum absolute atomic E-state index is 0.0566. The summed E-state index contributed by atoms with van der Waals surface area (Å²) in [7, 11) is 0. The third-order valence-electron chi connectivity index (χ3n) is 8.70. The number of hydrogen-bond donors (Lipinski definition) is 2. The number of nitrogens with one attached hydrogen (secondary N) is 1. The van der Waals surface area contributed by atoms with Gasteiger partial charge in [-0.25, -0.2) is 0 Å². The maximum atomic E-state index is 13.2. The quantitative estimate of drug-likeness (QED) is 0.666. The number of aliphatic hydroxyl groups is 1. The van der Waals surface area contributed by atoms with E-state index in [2.05, 4.69) is 34.5 Å². The van der Waals surface area contributed by atoms with Crippen molar-refractivity contribution in [3.63, 3.8) is 0 Å². The van der Waals surface area contributed by atoms with Gasteiger partial charge in [-0.1, -0.05) is 30.3 Å². The van der Waals surface area contributed by atoms with Crippen molar-refractivity contribution in [3.05, 3.63) is 35.9 Å². The number of nitrogens with zero attached hydrogens (tertiary/aromatic N) is 2. The van der Waals surface area contributed by atoms with Crippen molar-refractivity contribution in [2.75, 3.05) is 26.2 Å². The van der Waals surface area contributed by atoms with Gasteiger partial charge >= 0.3 is 0 Å². The summed E-state index contributed by atoms with van der Waals surface area (Å²) in [6, 6.07) is 9.52. The number of benzene rings is 1. The Labute approximate surface area is 197 Å². The van der Waals surface area contributed by atoms with Crippen LogP contribution in [0, 0.1) is 23.2 Å². The van der Waals surface area contributed by atoms with Crippen molar-refractivity contribution < 1.29 is 14.7 Å². The summed E-state index contributed by atoms with van der Waals surface area (Å²) in [4.78, 5) is 30.5. The molecule has 5 aliphatic rings. The van der Waals surface area contributed by atoms with Crippen molar-refractivity contribution in [1.29, 1.82) is 0 Å². The van der Waals surface area contributed by atoms with Crippen LogP contribution in [-0.4, -0.2) is 65.0 Å². The highest BCUT2D eigenvalue weighted by Crippen LogP contribution is 2.61. The van der Waals surface area contributed by atoms with Crippen molar-refractivity contribution in [1.82, 2.24) is 15.1 Å². The summed E-state index contributed by atoms with van der Waals surface area (Å²) in [5.41, 5.74) is 1.41. The standard InChI is InChI=1S/C27H39N3O3/c1-19(31)25(26(33)30-9-7-29(8-10-30)18-20-5-3-2-4-6-20)28-24(32)17-27-14-21-11-22(15-27)13-23(12-21)16-27/h2-6,19,21-23,25,31H,7-18H2,1H3,(H,28,32)/t19?,21?,22?,23?,25-,27?/m1/s1. The molecule has 33 heavy (non-hydrogen) atoms. The topological polar surface area (TPSA) is 72.9 Å². The van der Waals surface area contributed by atoms with Crippen LogP contribution in [0.15, 0.2) is 30.3 Å². The second-order valence-electron chi connectivity index (χ2n) is 11.5. The maximum absolute atomic E-state index is 13.2. The van der Waals surface area contributed by atoms with Gasteiger partial charge in [0.1, 0.15) is 6.04 Å². The average molecular weight is 454 g/mol. The zero-order valence-corrected chi connectivity index (χ0v) is 19.9. The fourth-order valence-electron chi connectivity index (χ4n) is 7.62. The number of piperazine rings is 1. The largest absolute Gasteiger partial charge is 0.391 e. The minimum Gasteiger partial charge on any atom is -0.391 e. The molecule has 1 aromatic carbocycles. The van der Waals surface area contributed by atoms with Crippen molar-refractivity contribution in [2.45, 2.75) is 70.6 Å². The Morgan fingerprint density at radius 1 is 1.00 bits per heavy atom. The monoisotopic (exact) mass is 453 g/mol. The van der Waals surface area contributed by atoms with E-state index in [4.69, 9.17) is 0 Å². The van der Waals surface area contributed by atoms with Gasteiger partial charge in [-0.05, 0) is 74.2 Å². The Morgan fingerprint density at radius 3 is 2.12 bits per heavy atom. The van der Waals surface area contributed by atoms with Gasteiger partial charge in [-0.3, -0.25) is 14.5 Å². The first-order valence-corrected chi connectivity index (χ1v) is 12.9. The second-order valence-corrected chi connectivity index (χ2v) is 11.5. The highest BCUT2D eigenvalue weighted by atomic mass is 16.3. The molecule has 0 radical (unpaired) electrons. The molecular formula is C27H39N3O3. The van der Waals surface area contributed by atoms with Crippen LogP contribution in [-0.2, 0) is 16.1 Å². The number of rotatable bonds is 7. The summed E-state index contributed by atoms with van der Waals surface area (Å²) in [6.07, 6.45) is 7.18. The molecule has 4 saturated carbocycles. The molecule has 1 unspecified atom stereocenters. The van der Waals surface area contributed by atoms with Crippen molar-refractivity contribution in [2.24, 2.45) is 23.2 Å². The van der Waals surface area contributed by atoms with Gasteiger partial charge in [-0.15, -0.1) is 0 Å². The van der Waals surface area contributed by atoms with E-state index in [1.54, 1.807) is 6.92 Å². The average Bonchev–Trinajstić information content (AvgIpc) is 2.77. The zero-order valence-electron chi connectivity index (χ0n) is 19.9. The Kier molecular flexibility index (Phi) is 6.49. The van der Waals surface area contributed by atoms with Crippen molar-refractivity contribution >= 4 is 11.8 Å². The number of carbonyl (C=O) groups excluding carboxylic acids is 2. The summed E-state index contributed by atoms with van der Waals surface area (Å²) in [5, 5.41) is 13.3. The first-order chi connectivity index (χ1) is 15.9. The van der Waals surface area contributed by atoms with Gasteiger partial charge in [0.25, 0.3) is 0 Å². The molecule has 1 heterocycles. The van der Waals surface area contributed by atoms with Crippen LogP contribution in [0.1, 0.15) is 57.4 Å². The van der Waals surface area contributed by atoms with Crippen LogP contribution in [0.2, 0.25) is 0 Å². The van der Waals surface area contributed by atoms with E-state index in [0.717, 1.165) is 37.4 Å².